The number of nitrogens with one attached hydrogen (secondary N) is 1. The van der Waals surface area contributed by atoms with E-state index in [1.165, 1.54) is 0 Å². The van der Waals surface area contributed by atoms with Gasteiger partial charge in [-0.25, -0.2) is 10.4 Å². The lowest BCUT2D eigenvalue weighted by atomic mass is 10.1. The summed E-state index contributed by atoms with van der Waals surface area (Å²) >= 11 is 0. The number of carbonyl (C=O) groups excluding carboxylic acids is 1. The fourth-order valence-corrected chi connectivity index (χ4v) is 3.07. The van der Waals surface area contributed by atoms with Gasteiger partial charge in [0.15, 0.2) is 0 Å². The van der Waals surface area contributed by atoms with Gasteiger partial charge in [0.25, 0.3) is 5.91 Å². The molecule has 0 radical (unpaired) electrons. The molecular weight excluding hydrogens is 376 g/mol. The van der Waals surface area contributed by atoms with Gasteiger partial charge < -0.3 is 9.30 Å². The van der Waals surface area contributed by atoms with Crippen LogP contribution in [0.25, 0.3) is 11.0 Å². The van der Waals surface area contributed by atoms with Crippen molar-refractivity contribution in [3.8, 4) is 5.75 Å². The molecule has 0 spiro atoms. The lowest BCUT2D eigenvalue weighted by molar-refractivity contribution is -0.121. The van der Waals surface area contributed by atoms with Gasteiger partial charge in [0.1, 0.15) is 18.9 Å². The molecule has 4 aromatic rings. The van der Waals surface area contributed by atoms with Crippen LogP contribution in [-0.4, -0.2) is 21.2 Å². The summed E-state index contributed by atoms with van der Waals surface area (Å²) in [7, 11) is 0. The Labute approximate surface area is 174 Å². The predicted molar refractivity (Wildman–Crippen MR) is 117 cm³/mol. The number of aromatic nitrogens is 2. The Morgan fingerprint density at radius 2 is 1.73 bits per heavy atom. The molecule has 4 rings (SSSR count). The molecule has 150 valence electrons. The first kappa shape index (κ1) is 19.4. The molecule has 0 atom stereocenters. The van der Waals surface area contributed by atoms with Crippen molar-refractivity contribution >= 4 is 22.7 Å². The van der Waals surface area contributed by atoms with Crippen LogP contribution in [0.4, 0.5) is 0 Å². The van der Waals surface area contributed by atoms with Gasteiger partial charge in [-0.1, -0.05) is 42.5 Å². The maximum Gasteiger partial charge on any atom is 0.260 e. The van der Waals surface area contributed by atoms with E-state index in [0.717, 1.165) is 27.9 Å². The van der Waals surface area contributed by atoms with Gasteiger partial charge in [0.05, 0.1) is 23.1 Å². The van der Waals surface area contributed by atoms with Crippen LogP contribution in [0.15, 0.2) is 90.3 Å². The van der Waals surface area contributed by atoms with E-state index < -0.39 is 0 Å². The van der Waals surface area contributed by atoms with Crippen molar-refractivity contribution in [1.82, 2.24) is 15.0 Å². The molecule has 1 amide bonds. The van der Waals surface area contributed by atoms with Crippen molar-refractivity contribution in [1.29, 1.82) is 0 Å². The summed E-state index contributed by atoms with van der Waals surface area (Å²) < 4.78 is 7.60. The smallest absolute Gasteiger partial charge is 0.260 e. The Hall–Kier alpha value is -3.93. The van der Waals surface area contributed by atoms with Gasteiger partial charge in [-0.2, -0.15) is 5.10 Å². The summed E-state index contributed by atoms with van der Waals surface area (Å²) in [6.07, 6.45) is 1.66. The van der Waals surface area contributed by atoms with E-state index in [4.69, 9.17) is 4.74 Å². The van der Waals surface area contributed by atoms with Crippen LogP contribution in [0.2, 0.25) is 0 Å². The molecule has 6 nitrogen and oxygen atoms in total. The number of nitrogens with zero attached hydrogens (tertiary/aromatic N) is 3. The van der Waals surface area contributed by atoms with E-state index in [9.17, 15) is 4.79 Å². The predicted octanol–water partition coefficient (Wildman–Crippen LogP) is 4.16. The zero-order chi connectivity index (χ0) is 20.8. The quantitative estimate of drug-likeness (QED) is 0.375. The zero-order valence-corrected chi connectivity index (χ0v) is 16.7. The summed E-state index contributed by atoms with van der Waals surface area (Å²) in [6.45, 7) is 2.53. The standard InChI is InChI=1S/C24H22N4O2/c1-18(20-11-13-21(14-12-20)30-16-19-7-3-2-4-8-19)26-27-24(29)15-28-17-25-22-9-5-6-10-23(22)28/h2-14,17H,15-16H2,1H3,(H,27,29)/b26-18-. The Morgan fingerprint density at radius 3 is 2.53 bits per heavy atom. The number of imidazole rings is 1. The Bertz CT molecular complexity index is 1160. The zero-order valence-electron chi connectivity index (χ0n) is 16.7. The summed E-state index contributed by atoms with van der Waals surface area (Å²) in [5, 5.41) is 4.22. The van der Waals surface area contributed by atoms with Gasteiger partial charge in [-0.05, 0) is 54.4 Å². The van der Waals surface area contributed by atoms with Crippen molar-refractivity contribution in [2.45, 2.75) is 20.1 Å². The van der Waals surface area contributed by atoms with Gasteiger partial charge in [-0.3, -0.25) is 4.79 Å². The second-order valence-electron chi connectivity index (χ2n) is 6.89. The number of amides is 1. The molecule has 0 unspecified atom stereocenters. The molecule has 0 saturated heterocycles. The number of hydrogen-bond donors (Lipinski definition) is 1. The normalized spacial score (nSPS) is 11.4. The highest BCUT2D eigenvalue weighted by molar-refractivity contribution is 5.99. The molecule has 0 aliphatic rings. The highest BCUT2D eigenvalue weighted by Crippen LogP contribution is 2.15. The molecule has 0 aliphatic heterocycles. The van der Waals surface area contributed by atoms with Gasteiger partial charge in [0.2, 0.25) is 0 Å². The summed E-state index contributed by atoms with van der Waals surface area (Å²) in [6, 6.07) is 25.4. The second-order valence-corrected chi connectivity index (χ2v) is 6.89. The third kappa shape index (κ3) is 4.72. The number of fused-ring (bicyclic) bond motifs is 1. The number of rotatable bonds is 7. The molecule has 0 saturated carbocycles. The van der Waals surface area contributed by atoms with E-state index >= 15 is 0 Å². The topological polar surface area (TPSA) is 68.5 Å². The highest BCUT2D eigenvalue weighted by atomic mass is 16.5. The van der Waals surface area contributed by atoms with E-state index in [2.05, 4.69) is 15.5 Å². The lowest BCUT2D eigenvalue weighted by Gasteiger charge is -2.08. The van der Waals surface area contributed by atoms with Gasteiger partial charge >= 0.3 is 0 Å². The number of benzene rings is 3. The maximum absolute atomic E-state index is 12.3. The molecule has 30 heavy (non-hydrogen) atoms. The van der Waals surface area contributed by atoms with Crippen molar-refractivity contribution in [2.75, 3.05) is 0 Å². The number of ether oxygens (including phenoxy) is 1. The molecular formula is C24H22N4O2. The van der Waals surface area contributed by atoms with E-state index in [0.29, 0.717) is 12.3 Å². The fraction of sp³-hybridized carbons (Fsp3) is 0.125. The summed E-state index contributed by atoms with van der Waals surface area (Å²) in [4.78, 5) is 16.6. The lowest BCUT2D eigenvalue weighted by Crippen LogP contribution is -2.24. The first-order valence-corrected chi connectivity index (χ1v) is 9.69. The van der Waals surface area contributed by atoms with Crippen molar-refractivity contribution in [3.63, 3.8) is 0 Å². The van der Waals surface area contributed by atoms with Crippen LogP contribution in [-0.2, 0) is 17.9 Å². The Morgan fingerprint density at radius 1 is 1.00 bits per heavy atom. The Balaban J connectivity index is 1.33. The largest absolute Gasteiger partial charge is 0.489 e. The van der Waals surface area contributed by atoms with Gasteiger partial charge in [0, 0.05) is 0 Å². The molecule has 3 aromatic carbocycles. The first-order chi connectivity index (χ1) is 14.7. The molecule has 1 heterocycles. The van der Waals surface area contributed by atoms with Crippen LogP contribution in [0.1, 0.15) is 18.1 Å². The van der Waals surface area contributed by atoms with Crippen LogP contribution >= 0.6 is 0 Å². The minimum atomic E-state index is -0.208. The third-order valence-corrected chi connectivity index (χ3v) is 4.71. The van der Waals surface area contributed by atoms with Gasteiger partial charge in [-0.15, -0.1) is 0 Å². The summed E-state index contributed by atoms with van der Waals surface area (Å²) in [5.74, 6) is 0.576. The van der Waals surface area contributed by atoms with E-state index in [1.54, 1.807) is 10.9 Å². The van der Waals surface area contributed by atoms with Crippen LogP contribution in [0.3, 0.4) is 0 Å². The van der Waals surface area contributed by atoms with Crippen molar-refractivity contribution in [3.05, 3.63) is 96.3 Å². The Kier molecular flexibility index (Phi) is 5.85. The number of hydrazone groups is 1. The fourth-order valence-electron chi connectivity index (χ4n) is 3.07. The average Bonchev–Trinajstić information content (AvgIpc) is 3.20. The van der Waals surface area contributed by atoms with E-state index in [-0.39, 0.29) is 12.5 Å². The van der Waals surface area contributed by atoms with Crippen LogP contribution in [0, 0.1) is 0 Å². The monoisotopic (exact) mass is 398 g/mol. The molecule has 0 fully saturated rings. The molecule has 1 aromatic heterocycles. The maximum atomic E-state index is 12.3. The number of para-hydroxylation sites is 2. The van der Waals surface area contributed by atoms with Crippen molar-refractivity contribution in [2.24, 2.45) is 5.10 Å². The summed E-state index contributed by atoms with van der Waals surface area (Å²) in [5.41, 5.74) is 7.14. The third-order valence-electron chi connectivity index (χ3n) is 4.71. The molecule has 0 bridgehead atoms. The highest BCUT2D eigenvalue weighted by Gasteiger charge is 2.07. The van der Waals surface area contributed by atoms with E-state index in [1.807, 2.05) is 85.8 Å². The number of hydrogen-bond acceptors (Lipinski definition) is 4. The average molecular weight is 398 g/mol. The minimum absolute atomic E-state index is 0.156. The minimum Gasteiger partial charge on any atom is -0.489 e. The SMILES string of the molecule is C/C(=N/NC(=O)Cn1cnc2ccccc21)c1ccc(OCc2ccccc2)cc1. The molecule has 1 N–H and O–H groups in total. The second kappa shape index (κ2) is 9.05. The van der Waals surface area contributed by atoms with Crippen LogP contribution in [0.5, 0.6) is 5.75 Å². The van der Waals surface area contributed by atoms with Crippen LogP contribution < -0.4 is 10.2 Å². The number of carbonyl (C=O) groups is 1. The molecule has 0 aliphatic carbocycles. The van der Waals surface area contributed by atoms with Crippen molar-refractivity contribution < 1.29 is 9.53 Å². The first-order valence-electron chi connectivity index (χ1n) is 9.69. The molecule has 6 heteroatoms.